The molecular formula is C18H16O. The van der Waals surface area contributed by atoms with Gasteiger partial charge < -0.3 is 4.42 Å². The molecule has 3 aromatic rings. The summed E-state index contributed by atoms with van der Waals surface area (Å²) < 4.78 is 5.87. The standard InChI is InChI=1S/C18H16O/c1-14-18(16-10-6-3-7-11-16)13-17(19-14)12-15-8-4-2-5-9-15/h2-11,13H,12H2,1H3. The molecular weight excluding hydrogens is 232 g/mol. The molecule has 0 radical (unpaired) electrons. The van der Waals surface area contributed by atoms with Gasteiger partial charge in [0.2, 0.25) is 0 Å². The van der Waals surface area contributed by atoms with Crippen LogP contribution in [0.5, 0.6) is 0 Å². The van der Waals surface area contributed by atoms with Crippen molar-refractivity contribution >= 4 is 0 Å². The van der Waals surface area contributed by atoms with Crippen molar-refractivity contribution < 1.29 is 4.42 Å². The fraction of sp³-hybridized carbons (Fsp3) is 0.111. The Morgan fingerprint density at radius 2 is 1.47 bits per heavy atom. The number of hydrogen-bond donors (Lipinski definition) is 0. The third-order valence-electron chi connectivity index (χ3n) is 3.27. The normalized spacial score (nSPS) is 10.6. The van der Waals surface area contributed by atoms with Gasteiger partial charge in [-0.2, -0.15) is 0 Å². The van der Waals surface area contributed by atoms with Crippen LogP contribution in [0.25, 0.3) is 11.1 Å². The maximum absolute atomic E-state index is 5.87. The van der Waals surface area contributed by atoms with E-state index in [1.807, 2.05) is 19.1 Å². The van der Waals surface area contributed by atoms with E-state index >= 15 is 0 Å². The summed E-state index contributed by atoms with van der Waals surface area (Å²) >= 11 is 0. The van der Waals surface area contributed by atoms with E-state index in [2.05, 4.69) is 54.6 Å². The fourth-order valence-corrected chi connectivity index (χ4v) is 2.33. The number of hydrogen-bond acceptors (Lipinski definition) is 1. The smallest absolute Gasteiger partial charge is 0.109 e. The van der Waals surface area contributed by atoms with E-state index in [-0.39, 0.29) is 0 Å². The van der Waals surface area contributed by atoms with Crippen molar-refractivity contribution in [3.05, 3.63) is 83.8 Å². The van der Waals surface area contributed by atoms with Gasteiger partial charge in [0.15, 0.2) is 0 Å². The third kappa shape index (κ3) is 2.60. The topological polar surface area (TPSA) is 13.1 Å². The summed E-state index contributed by atoms with van der Waals surface area (Å²) in [4.78, 5) is 0. The van der Waals surface area contributed by atoms with Crippen molar-refractivity contribution in [1.82, 2.24) is 0 Å². The average molecular weight is 248 g/mol. The number of rotatable bonds is 3. The van der Waals surface area contributed by atoms with Gasteiger partial charge in [0.25, 0.3) is 0 Å². The highest BCUT2D eigenvalue weighted by Crippen LogP contribution is 2.27. The zero-order valence-electron chi connectivity index (χ0n) is 11.0. The molecule has 0 saturated carbocycles. The first kappa shape index (κ1) is 11.8. The Morgan fingerprint density at radius 1 is 0.842 bits per heavy atom. The fourth-order valence-electron chi connectivity index (χ4n) is 2.33. The highest BCUT2D eigenvalue weighted by Gasteiger charge is 2.09. The van der Waals surface area contributed by atoms with Gasteiger partial charge in [0.05, 0.1) is 0 Å². The van der Waals surface area contributed by atoms with Gasteiger partial charge in [-0.3, -0.25) is 0 Å². The van der Waals surface area contributed by atoms with Crippen LogP contribution in [0.15, 0.2) is 71.1 Å². The second-order valence-corrected chi connectivity index (χ2v) is 4.71. The molecule has 0 aliphatic rings. The summed E-state index contributed by atoms with van der Waals surface area (Å²) in [7, 11) is 0. The minimum atomic E-state index is 0.842. The second kappa shape index (κ2) is 5.15. The molecule has 0 amide bonds. The first-order valence-electron chi connectivity index (χ1n) is 6.51. The van der Waals surface area contributed by atoms with Gasteiger partial charge in [-0.15, -0.1) is 0 Å². The first-order valence-corrected chi connectivity index (χ1v) is 6.51. The van der Waals surface area contributed by atoms with E-state index in [1.54, 1.807) is 0 Å². The molecule has 1 aromatic heterocycles. The van der Waals surface area contributed by atoms with E-state index in [1.165, 1.54) is 16.7 Å². The predicted octanol–water partition coefficient (Wildman–Crippen LogP) is 4.85. The maximum Gasteiger partial charge on any atom is 0.109 e. The van der Waals surface area contributed by atoms with E-state index in [0.717, 1.165) is 17.9 Å². The van der Waals surface area contributed by atoms with Crippen molar-refractivity contribution in [3.63, 3.8) is 0 Å². The Balaban J connectivity index is 1.90. The molecule has 3 rings (SSSR count). The Labute approximate surface area is 113 Å². The Morgan fingerprint density at radius 3 is 2.16 bits per heavy atom. The van der Waals surface area contributed by atoms with Gasteiger partial charge in [0.1, 0.15) is 11.5 Å². The van der Waals surface area contributed by atoms with Crippen LogP contribution in [-0.2, 0) is 6.42 Å². The SMILES string of the molecule is Cc1oc(Cc2ccccc2)cc1-c1ccccc1. The first-order chi connectivity index (χ1) is 9.33. The van der Waals surface area contributed by atoms with Crippen molar-refractivity contribution in [2.45, 2.75) is 13.3 Å². The second-order valence-electron chi connectivity index (χ2n) is 4.71. The molecule has 2 aromatic carbocycles. The molecule has 0 unspecified atom stereocenters. The molecule has 1 heterocycles. The molecule has 1 heteroatoms. The van der Waals surface area contributed by atoms with Gasteiger partial charge in [-0.25, -0.2) is 0 Å². The van der Waals surface area contributed by atoms with Crippen LogP contribution < -0.4 is 0 Å². The summed E-state index contributed by atoms with van der Waals surface area (Å²) in [6.45, 7) is 2.02. The highest BCUT2D eigenvalue weighted by atomic mass is 16.3. The number of furan rings is 1. The van der Waals surface area contributed by atoms with Crippen LogP contribution >= 0.6 is 0 Å². The van der Waals surface area contributed by atoms with Crippen molar-refractivity contribution in [3.8, 4) is 11.1 Å². The minimum absolute atomic E-state index is 0.842. The molecule has 19 heavy (non-hydrogen) atoms. The van der Waals surface area contributed by atoms with Gasteiger partial charge in [-0.05, 0) is 24.1 Å². The molecule has 0 aliphatic heterocycles. The highest BCUT2D eigenvalue weighted by molar-refractivity contribution is 5.65. The lowest BCUT2D eigenvalue weighted by atomic mass is 10.1. The molecule has 0 atom stereocenters. The Hall–Kier alpha value is -2.28. The van der Waals surface area contributed by atoms with E-state index in [0.29, 0.717) is 0 Å². The van der Waals surface area contributed by atoms with E-state index in [4.69, 9.17) is 4.42 Å². The van der Waals surface area contributed by atoms with Crippen molar-refractivity contribution in [1.29, 1.82) is 0 Å². The van der Waals surface area contributed by atoms with Crippen LogP contribution in [0.4, 0.5) is 0 Å². The van der Waals surface area contributed by atoms with E-state index < -0.39 is 0 Å². The average Bonchev–Trinajstić information content (AvgIpc) is 2.82. The summed E-state index contributed by atoms with van der Waals surface area (Å²) in [6.07, 6.45) is 0.842. The number of benzene rings is 2. The molecule has 0 spiro atoms. The lowest BCUT2D eigenvalue weighted by molar-refractivity contribution is 0.494. The Kier molecular flexibility index (Phi) is 3.20. The lowest BCUT2D eigenvalue weighted by Gasteiger charge is -1.96. The van der Waals surface area contributed by atoms with Crippen LogP contribution in [0, 0.1) is 6.92 Å². The zero-order valence-corrected chi connectivity index (χ0v) is 11.0. The minimum Gasteiger partial charge on any atom is -0.465 e. The quantitative estimate of drug-likeness (QED) is 0.646. The Bertz CT molecular complexity index is 651. The molecule has 0 saturated heterocycles. The van der Waals surface area contributed by atoms with Crippen LogP contribution in [0.2, 0.25) is 0 Å². The summed E-state index contributed by atoms with van der Waals surface area (Å²) in [5, 5.41) is 0. The zero-order chi connectivity index (χ0) is 13.1. The van der Waals surface area contributed by atoms with Gasteiger partial charge >= 0.3 is 0 Å². The molecule has 0 N–H and O–H groups in total. The van der Waals surface area contributed by atoms with Crippen molar-refractivity contribution in [2.24, 2.45) is 0 Å². The van der Waals surface area contributed by atoms with Crippen LogP contribution in [-0.4, -0.2) is 0 Å². The predicted molar refractivity (Wildman–Crippen MR) is 78.1 cm³/mol. The number of aryl methyl sites for hydroxylation is 1. The third-order valence-corrected chi connectivity index (χ3v) is 3.27. The molecule has 1 nitrogen and oxygen atoms in total. The molecule has 0 bridgehead atoms. The lowest BCUT2D eigenvalue weighted by Crippen LogP contribution is -1.83. The summed E-state index contributed by atoms with van der Waals surface area (Å²) in [5.41, 5.74) is 3.67. The summed E-state index contributed by atoms with van der Waals surface area (Å²) in [5.74, 6) is 2.00. The van der Waals surface area contributed by atoms with Crippen molar-refractivity contribution in [2.75, 3.05) is 0 Å². The van der Waals surface area contributed by atoms with Gasteiger partial charge in [-0.1, -0.05) is 60.7 Å². The monoisotopic (exact) mass is 248 g/mol. The largest absolute Gasteiger partial charge is 0.465 e. The van der Waals surface area contributed by atoms with Gasteiger partial charge in [0, 0.05) is 12.0 Å². The summed E-state index contributed by atoms with van der Waals surface area (Å²) in [6, 6.07) is 22.9. The molecule has 0 fully saturated rings. The van der Waals surface area contributed by atoms with E-state index in [9.17, 15) is 0 Å². The molecule has 94 valence electrons. The van der Waals surface area contributed by atoms with Crippen LogP contribution in [0.3, 0.4) is 0 Å². The molecule has 0 aliphatic carbocycles. The maximum atomic E-state index is 5.87. The van der Waals surface area contributed by atoms with Crippen LogP contribution in [0.1, 0.15) is 17.1 Å².